The van der Waals surface area contributed by atoms with Crippen LogP contribution in [0.25, 0.3) is 11.2 Å². The molecule has 0 N–H and O–H groups in total. The van der Waals surface area contributed by atoms with Crippen molar-refractivity contribution >= 4 is 28.7 Å². The Morgan fingerprint density at radius 2 is 1.97 bits per heavy atom. The Kier molecular flexibility index (Phi) is 6.38. The molecular formula is C21H26FN5O2S. The third kappa shape index (κ3) is 4.22. The first-order chi connectivity index (χ1) is 14.6. The summed E-state index contributed by atoms with van der Waals surface area (Å²) in [5, 5.41) is 0.656. The first-order valence-electron chi connectivity index (χ1n) is 10.2. The van der Waals surface area contributed by atoms with Gasteiger partial charge in [-0.25, -0.2) is 19.3 Å². The van der Waals surface area contributed by atoms with Gasteiger partial charge in [0, 0.05) is 32.3 Å². The molecule has 3 aromatic rings. The van der Waals surface area contributed by atoms with Crippen LogP contribution in [0.4, 0.5) is 10.2 Å². The van der Waals surface area contributed by atoms with Crippen LogP contribution in [0.2, 0.25) is 0 Å². The van der Waals surface area contributed by atoms with E-state index in [-0.39, 0.29) is 11.6 Å². The van der Waals surface area contributed by atoms with Gasteiger partial charge < -0.3 is 18.9 Å². The van der Waals surface area contributed by atoms with Crippen molar-refractivity contribution in [3.05, 3.63) is 35.4 Å². The van der Waals surface area contributed by atoms with Gasteiger partial charge in [0.25, 0.3) is 0 Å². The zero-order valence-corrected chi connectivity index (χ0v) is 18.3. The minimum Gasteiger partial charge on any atom is -0.491 e. The van der Waals surface area contributed by atoms with Crippen LogP contribution in [-0.4, -0.2) is 52.4 Å². The Balaban J connectivity index is 1.63. The van der Waals surface area contributed by atoms with Gasteiger partial charge in [0.2, 0.25) is 0 Å². The van der Waals surface area contributed by atoms with E-state index in [2.05, 4.69) is 11.8 Å². The van der Waals surface area contributed by atoms with Crippen LogP contribution in [0.1, 0.15) is 25.2 Å². The van der Waals surface area contributed by atoms with E-state index in [4.69, 9.17) is 24.4 Å². The van der Waals surface area contributed by atoms with Crippen molar-refractivity contribution < 1.29 is 13.9 Å². The maximum Gasteiger partial charge on any atom is 0.191 e. The van der Waals surface area contributed by atoms with Crippen molar-refractivity contribution in [2.45, 2.75) is 31.2 Å². The fourth-order valence-electron chi connectivity index (χ4n) is 3.50. The van der Waals surface area contributed by atoms with Gasteiger partial charge in [-0.1, -0.05) is 24.8 Å². The number of thioether (sulfide) groups is 1. The molecule has 7 nitrogen and oxygen atoms in total. The van der Waals surface area contributed by atoms with Crippen molar-refractivity contribution in [2.75, 3.05) is 37.8 Å². The highest BCUT2D eigenvalue weighted by molar-refractivity contribution is 7.98. The number of hydrogen-bond acceptors (Lipinski definition) is 7. The summed E-state index contributed by atoms with van der Waals surface area (Å²) in [6.07, 6.45) is 0.823. The van der Waals surface area contributed by atoms with E-state index in [1.165, 1.54) is 17.8 Å². The van der Waals surface area contributed by atoms with Gasteiger partial charge in [-0.3, -0.25) is 0 Å². The van der Waals surface area contributed by atoms with Crippen LogP contribution >= 0.6 is 11.8 Å². The van der Waals surface area contributed by atoms with Gasteiger partial charge in [-0.05, 0) is 24.6 Å². The number of imidazole rings is 1. The third-order valence-corrected chi connectivity index (χ3v) is 5.98. The molecule has 0 bridgehead atoms. The summed E-state index contributed by atoms with van der Waals surface area (Å²) >= 11 is 1.49. The maximum atomic E-state index is 14.2. The van der Waals surface area contributed by atoms with Crippen LogP contribution in [0, 0.1) is 5.82 Å². The first-order valence-corrected chi connectivity index (χ1v) is 11.2. The molecule has 9 heteroatoms. The molecule has 1 saturated heterocycles. The fourth-order valence-corrected chi connectivity index (χ4v) is 4.28. The Morgan fingerprint density at radius 3 is 2.67 bits per heavy atom. The van der Waals surface area contributed by atoms with Crippen LogP contribution in [0.3, 0.4) is 0 Å². The van der Waals surface area contributed by atoms with Gasteiger partial charge in [0.15, 0.2) is 33.7 Å². The van der Waals surface area contributed by atoms with E-state index in [1.54, 1.807) is 6.07 Å². The number of hydrogen-bond donors (Lipinski definition) is 0. The molecule has 1 aliphatic heterocycles. The third-order valence-electron chi connectivity index (χ3n) is 5.06. The average Bonchev–Trinajstić information content (AvgIpc) is 3.10. The Hall–Kier alpha value is -2.39. The van der Waals surface area contributed by atoms with Crippen LogP contribution in [0.15, 0.2) is 23.4 Å². The normalized spacial score (nSPS) is 14.5. The summed E-state index contributed by atoms with van der Waals surface area (Å²) in [6, 6.07) is 5.06. The molecule has 0 unspecified atom stereocenters. The average molecular weight is 432 g/mol. The molecule has 160 valence electrons. The van der Waals surface area contributed by atoms with E-state index in [0.717, 1.165) is 47.9 Å². The standard InChI is InChI=1S/C21H26FN5O2S/c1-4-17-23-18-19(26(17)3)24-21(25-20(18)27-8-10-28-11-9-27)30-13-14-6-7-16(29-5-2)15(22)12-14/h6-7,12H,4-5,8-11,13H2,1-3H3. The van der Waals surface area contributed by atoms with E-state index < -0.39 is 0 Å². The second kappa shape index (κ2) is 9.18. The summed E-state index contributed by atoms with van der Waals surface area (Å²) < 4.78 is 27.0. The quantitative estimate of drug-likeness (QED) is 0.418. The summed E-state index contributed by atoms with van der Waals surface area (Å²) in [4.78, 5) is 16.6. The highest BCUT2D eigenvalue weighted by Gasteiger charge is 2.21. The number of anilines is 1. The Labute approximate surface area is 179 Å². The van der Waals surface area contributed by atoms with Gasteiger partial charge >= 0.3 is 0 Å². The predicted molar refractivity (Wildman–Crippen MR) is 116 cm³/mol. The summed E-state index contributed by atoms with van der Waals surface area (Å²) in [5.41, 5.74) is 2.51. The molecule has 2 aromatic heterocycles. The van der Waals surface area contributed by atoms with Gasteiger partial charge in [-0.2, -0.15) is 0 Å². The molecule has 30 heavy (non-hydrogen) atoms. The summed E-state index contributed by atoms with van der Waals surface area (Å²) in [7, 11) is 1.99. The number of halogens is 1. The highest BCUT2D eigenvalue weighted by atomic mass is 32.2. The molecule has 0 radical (unpaired) electrons. The van der Waals surface area contributed by atoms with Gasteiger partial charge in [0.05, 0.1) is 19.8 Å². The molecule has 0 saturated carbocycles. The number of benzene rings is 1. The second-order valence-corrected chi connectivity index (χ2v) is 7.97. The van der Waals surface area contributed by atoms with Gasteiger partial charge in [0.1, 0.15) is 5.82 Å². The number of nitrogens with zero attached hydrogens (tertiary/aromatic N) is 5. The highest BCUT2D eigenvalue weighted by Crippen LogP contribution is 2.30. The number of aryl methyl sites for hydroxylation is 2. The molecule has 1 aromatic carbocycles. The van der Waals surface area contributed by atoms with Crippen molar-refractivity contribution in [3.63, 3.8) is 0 Å². The zero-order chi connectivity index (χ0) is 21.1. The van der Waals surface area contributed by atoms with Crippen molar-refractivity contribution in [1.29, 1.82) is 0 Å². The van der Waals surface area contributed by atoms with Gasteiger partial charge in [-0.15, -0.1) is 0 Å². The number of aromatic nitrogens is 4. The van der Waals surface area contributed by atoms with Crippen LogP contribution in [-0.2, 0) is 24.0 Å². The van der Waals surface area contributed by atoms with Crippen molar-refractivity contribution in [3.8, 4) is 5.75 Å². The van der Waals surface area contributed by atoms with E-state index in [0.29, 0.717) is 30.7 Å². The van der Waals surface area contributed by atoms with E-state index in [9.17, 15) is 4.39 Å². The minimum atomic E-state index is -0.348. The minimum absolute atomic E-state index is 0.278. The van der Waals surface area contributed by atoms with E-state index in [1.807, 2.05) is 24.6 Å². The molecular weight excluding hydrogens is 405 g/mol. The lowest BCUT2D eigenvalue weighted by molar-refractivity contribution is 0.122. The summed E-state index contributed by atoms with van der Waals surface area (Å²) in [6.45, 7) is 7.26. The monoisotopic (exact) mass is 431 g/mol. The van der Waals surface area contributed by atoms with E-state index >= 15 is 0 Å². The zero-order valence-electron chi connectivity index (χ0n) is 17.5. The largest absolute Gasteiger partial charge is 0.491 e. The maximum absolute atomic E-state index is 14.2. The lowest BCUT2D eigenvalue weighted by atomic mass is 10.2. The SMILES string of the molecule is CCOc1ccc(CSc2nc(N3CCOCC3)c3nc(CC)n(C)c3n2)cc1F. The lowest BCUT2D eigenvalue weighted by Gasteiger charge is -2.28. The Bertz CT molecular complexity index is 1040. The van der Waals surface area contributed by atoms with Crippen LogP contribution in [0.5, 0.6) is 5.75 Å². The van der Waals surface area contributed by atoms with Crippen molar-refractivity contribution in [2.24, 2.45) is 7.05 Å². The Morgan fingerprint density at radius 1 is 1.17 bits per heavy atom. The van der Waals surface area contributed by atoms with Crippen LogP contribution < -0.4 is 9.64 Å². The molecule has 0 spiro atoms. The number of morpholine rings is 1. The molecule has 0 aliphatic carbocycles. The molecule has 1 aliphatic rings. The fraction of sp³-hybridized carbons (Fsp3) is 0.476. The number of rotatable bonds is 7. The molecule has 3 heterocycles. The number of fused-ring (bicyclic) bond motifs is 1. The lowest BCUT2D eigenvalue weighted by Crippen LogP contribution is -2.37. The topological polar surface area (TPSA) is 65.3 Å². The molecule has 4 rings (SSSR count). The number of ether oxygens (including phenoxy) is 2. The molecule has 1 fully saturated rings. The molecule has 0 atom stereocenters. The summed E-state index contributed by atoms with van der Waals surface area (Å²) in [5.74, 6) is 2.32. The first kappa shape index (κ1) is 20.9. The predicted octanol–water partition coefficient (Wildman–Crippen LogP) is 3.59. The smallest absolute Gasteiger partial charge is 0.191 e. The van der Waals surface area contributed by atoms with Crippen molar-refractivity contribution in [1.82, 2.24) is 19.5 Å². The molecule has 0 amide bonds. The second-order valence-electron chi connectivity index (χ2n) is 7.03.